The van der Waals surface area contributed by atoms with Gasteiger partial charge in [0.1, 0.15) is 5.75 Å². The van der Waals surface area contributed by atoms with Crippen molar-refractivity contribution in [2.75, 3.05) is 12.4 Å². The third kappa shape index (κ3) is 3.44. The topological polar surface area (TPSA) is 38.3 Å². The maximum absolute atomic E-state index is 12.1. The summed E-state index contributed by atoms with van der Waals surface area (Å²) in [7, 11) is 1.54. The lowest BCUT2D eigenvalue weighted by molar-refractivity contribution is 0.102. The number of alkyl halides is 1. The fraction of sp³-hybridized carbons (Fsp3) is 0.133. The smallest absolute Gasteiger partial charge is 0.255 e. The molecule has 0 unspecified atom stereocenters. The van der Waals surface area contributed by atoms with Gasteiger partial charge in [-0.15, -0.1) is 11.6 Å². The summed E-state index contributed by atoms with van der Waals surface area (Å²) < 4.78 is 5.06. The fourth-order valence-corrected chi connectivity index (χ4v) is 2.17. The van der Waals surface area contributed by atoms with Gasteiger partial charge < -0.3 is 10.1 Å². The molecule has 2 aromatic rings. The van der Waals surface area contributed by atoms with Crippen LogP contribution >= 0.6 is 23.2 Å². The van der Waals surface area contributed by atoms with Crippen LogP contribution in [0.5, 0.6) is 5.75 Å². The van der Waals surface area contributed by atoms with Crippen LogP contribution in [0, 0.1) is 0 Å². The highest BCUT2D eigenvalue weighted by Gasteiger charge is 2.08. The zero-order valence-electron chi connectivity index (χ0n) is 10.8. The van der Waals surface area contributed by atoms with E-state index in [1.54, 1.807) is 36.4 Å². The summed E-state index contributed by atoms with van der Waals surface area (Å²) in [5.41, 5.74) is 2.05. The molecule has 0 aliphatic carbocycles. The van der Waals surface area contributed by atoms with Crippen LogP contribution in [-0.2, 0) is 5.88 Å². The lowest BCUT2D eigenvalue weighted by Gasteiger charge is -2.08. The number of hydrogen-bond acceptors (Lipinski definition) is 2. The molecule has 1 N–H and O–H groups in total. The summed E-state index contributed by atoms with van der Waals surface area (Å²) >= 11 is 11.8. The Labute approximate surface area is 127 Å². The molecule has 0 aliphatic rings. The molecule has 2 rings (SSSR count). The molecule has 0 bridgehead atoms. The van der Waals surface area contributed by atoms with Crippen LogP contribution in [0.1, 0.15) is 15.9 Å². The monoisotopic (exact) mass is 309 g/mol. The second kappa shape index (κ2) is 6.64. The molecule has 3 nitrogen and oxygen atoms in total. The van der Waals surface area contributed by atoms with Crippen LogP contribution in [0.25, 0.3) is 0 Å². The summed E-state index contributed by atoms with van der Waals surface area (Å²) in [5, 5.41) is 3.22. The Kier molecular flexibility index (Phi) is 4.88. The molecule has 0 fully saturated rings. The van der Waals surface area contributed by atoms with E-state index in [0.29, 0.717) is 27.9 Å². The number of amides is 1. The van der Waals surface area contributed by atoms with Crippen molar-refractivity contribution in [2.45, 2.75) is 5.88 Å². The average molecular weight is 310 g/mol. The molecule has 0 saturated carbocycles. The number of anilines is 1. The molecule has 0 heterocycles. The summed E-state index contributed by atoms with van der Waals surface area (Å²) in [6, 6.07) is 12.2. The van der Waals surface area contributed by atoms with Gasteiger partial charge in [-0.25, -0.2) is 0 Å². The van der Waals surface area contributed by atoms with Crippen molar-refractivity contribution in [2.24, 2.45) is 0 Å². The minimum absolute atomic E-state index is 0.210. The minimum atomic E-state index is -0.210. The summed E-state index contributed by atoms with van der Waals surface area (Å²) in [6.45, 7) is 0. The van der Waals surface area contributed by atoms with Gasteiger partial charge in [0, 0.05) is 17.1 Å². The van der Waals surface area contributed by atoms with Gasteiger partial charge in [0.25, 0.3) is 5.91 Å². The number of carbonyl (C=O) groups is 1. The van der Waals surface area contributed by atoms with E-state index in [-0.39, 0.29) is 5.91 Å². The molecular weight excluding hydrogens is 297 g/mol. The standard InChI is InChI=1S/C15H13Cl2NO2/c1-20-14-6-5-12(8-13(14)17)18-15(19)11-4-2-3-10(7-11)9-16/h2-8H,9H2,1H3,(H,18,19). The van der Waals surface area contributed by atoms with E-state index in [2.05, 4.69) is 5.32 Å². The zero-order valence-corrected chi connectivity index (χ0v) is 12.3. The van der Waals surface area contributed by atoms with Crippen molar-refractivity contribution in [3.63, 3.8) is 0 Å². The maximum atomic E-state index is 12.1. The molecule has 1 amide bonds. The number of rotatable bonds is 4. The first kappa shape index (κ1) is 14.7. The molecule has 0 saturated heterocycles. The van der Waals surface area contributed by atoms with Gasteiger partial charge in [0.05, 0.1) is 12.1 Å². The van der Waals surface area contributed by atoms with E-state index in [1.165, 1.54) is 7.11 Å². The highest BCUT2D eigenvalue weighted by atomic mass is 35.5. The Bertz CT molecular complexity index is 629. The van der Waals surface area contributed by atoms with Gasteiger partial charge in [-0.1, -0.05) is 23.7 Å². The number of ether oxygens (including phenoxy) is 1. The number of hydrogen-bond donors (Lipinski definition) is 1. The van der Waals surface area contributed by atoms with Gasteiger partial charge in [-0.05, 0) is 35.9 Å². The van der Waals surface area contributed by atoms with Crippen LogP contribution in [0.15, 0.2) is 42.5 Å². The largest absolute Gasteiger partial charge is 0.495 e. The molecule has 0 radical (unpaired) electrons. The van der Waals surface area contributed by atoms with Crippen molar-refractivity contribution in [3.8, 4) is 5.75 Å². The second-order valence-corrected chi connectivity index (χ2v) is 4.81. The van der Waals surface area contributed by atoms with Gasteiger partial charge >= 0.3 is 0 Å². The van der Waals surface area contributed by atoms with Crippen molar-refractivity contribution in [1.29, 1.82) is 0 Å². The molecule has 20 heavy (non-hydrogen) atoms. The predicted octanol–water partition coefficient (Wildman–Crippen LogP) is 4.34. The van der Waals surface area contributed by atoms with E-state index in [4.69, 9.17) is 27.9 Å². The predicted molar refractivity (Wildman–Crippen MR) is 82.0 cm³/mol. The third-order valence-electron chi connectivity index (χ3n) is 2.75. The Morgan fingerprint density at radius 3 is 2.70 bits per heavy atom. The van der Waals surface area contributed by atoms with Crippen LogP contribution in [0.2, 0.25) is 5.02 Å². The molecule has 104 valence electrons. The first-order chi connectivity index (χ1) is 9.63. The molecule has 2 aromatic carbocycles. The van der Waals surface area contributed by atoms with Gasteiger partial charge in [0.15, 0.2) is 0 Å². The van der Waals surface area contributed by atoms with Gasteiger partial charge in [-0.3, -0.25) is 4.79 Å². The Balaban J connectivity index is 2.16. The molecule has 0 atom stereocenters. The van der Waals surface area contributed by atoms with Crippen LogP contribution in [0.4, 0.5) is 5.69 Å². The van der Waals surface area contributed by atoms with E-state index in [9.17, 15) is 4.79 Å². The SMILES string of the molecule is COc1ccc(NC(=O)c2cccc(CCl)c2)cc1Cl. The van der Waals surface area contributed by atoms with E-state index >= 15 is 0 Å². The Morgan fingerprint density at radius 1 is 1.25 bits per heavy atom. The third-order valence-corrected chi connectivity index (χ3v) is 3.36. The van der Waals surface area contributed by atoms with Crippen LogP contribution in [-0.4, -0.2) is 13.0 Å². The quantitative estimate of drug-likeness (QED) is 0.853. The van der Waals surface area contributed by atoms with Gasteiger partial charge in [-0.2, -0.15) is 0 Å². The number of carbonyl (C=O) groups excluding carboxylic acids is 1. The summed E-state index contributed by atoms with van der Waals surface area (Å²) in [5.74, 6) is 0.724. The van der Waals surface area contributed by atoms with E-state index < -0.39 is 0 Å². The fourth-order valence-electron chi connectivity index (χ4n) is 1.74. The van der Waals surface area contributed by atoms with Crippen LogP contribution < -0.4 is 10.1 Å². The Hall–Kier alpha value is -1.71. The highest BCUT2D eigenvalue weighted by molar-refractivity contribution is 6.32. The van der Waals surface area contributed by atoms with Gasteiger partial charge in [0.2, 0.25) is 0 Å². The zero-order chi connectivity index (χ0) is 14.5. The molecule has 0 aliphatic heterocycles. The molecule has 0 aromatic heterocycles. The molecule has 5 heteroatoms. The summed E-state index contributed by atoms with van der Waals surface area (Å²) in [6.07, 6.45) is 0. The number of benzene rings is 2. The lowest BCUT2D eigenvalue weighted by atomic mass is 10.1. The molecular formula is C15H13Cl2NO2. The minimum Gasteiger partial charge on any atom is -0.495 e. The highest BCUT2D eigenvalue weighted by Crippen LogP contribution is 2.27. The van der Waals surface area contributed by atoms with Crippen molar-refractivity contribution in [3.05, 3.63) is 58.6 Å². The number of methoxy groups -OCH3 is 1. The Morgan fingerprint density at radius 2 is 2.05 bits per heavy atom. The number of halogens is 2. The first-order valence-corrected chi connectivity index (χ1v) is 6.85. The average Bonchev–Trinajstić information content (AvgIpc) is 2.47. The van der Waals surface area contributed by atoms with Crippen molar-refractivity contribution < 1.29 is 9.53 Å². The van der Waals surface area contributed by atoms with Crippen LogP contribution in [0.3, 0.4) is 0 Å². The number of nitrogens with one attached hydrogen (secondary N) is 1. The molecule has 0 spiro atoms. The van der Waals surface area contributed by atoms with E-state index in [1.807, 2.05) is 6.07 Å². The van der Waals surface area contributed by atoms with Crippen molar-refractivity contribution >= 4 is 34.8 Å². The van der Waals surface area contributed by atoms with E-state index in [0.717, 1.165) is 5.56 Å². The summed E-state index contributed by atoms with van der Waals surface area (Å²) in [4.78, 5) is 12.1. The maximum Gasteiger partial charge on any atom is 0.255 e. The van der Waals surface area contributed by atoms with Crippen molar-refractivity contribution in [1.82, 2.24) is 0 Å². The normalized spacial score (nSPS) is 10.2. The second-order valence-electron chi connectivity index (χ2n) is 4.14. The lowest BCUT2D eigenvalue weighted by Crippen LogP contribution is -2.12. The first-order valence-electron chi connectivity index (χ1n) is 5.94.